The van der Waals surface area contributed by atoms with E-state index in [-0.39, 0.29) is 5.75 Å². The highest BCUT2D eigenvalue weighted by atomic mass is 16.3. The Labute approximate surface area is 294 Å². The number of fused-ring (bicyclic) bond motifs is 6. The van der Waals surface area contributed by atoms with Gasteiger partial charge in [-0.25, -0.2) is 9.97 Å². The zero-order chi connectivity index (χ0) is 33.9. The van der Waals surface area contributed by atoms with Crippen LogP contribution in [0.2, 0.25) is 0 Å². The van der Waals surface area contributed by atoms with Crippen molar-refractivity contribution in [1.29, 1.82) is 0 Å². The van der Waals surface area contributed by atoms with Gasteiger partial charge in [0.05, 0.1) is 22.4 Å². The molecule has 3 heteroatoms. The summed E-state index contributed by atoms with van der Waals surface area (Å²) in [6.07, 6.45) is 0. The molecule has 2 heterocycles. The minimum Gasteiger partial charge on any atom is -0.508 e. The fraction of sp³-hybridized carbons (Fsp3) is 0. The summed E-state index contributed by atoms with van der Waals surface area (Å²) in [4.78, 5) is 10.2. The lowest BCUT2D eigenvalue weighted by Gasteiger charge is -2.19. The molecule has 0 atom stereocenters. The van der Waals surface area contributed by atoms with E-state index in [1.165, 1.54) is 54.6 Å². The maximum atomic E-state index is 9.79. The first-order valence-electron chi connectivity index (χ1n) is 17.2. The number of benzene rings is 8. The smallest absolute Gasteiger partial charge is 0.115 e. The molecule has 3 nitrogen and oxygen atoms in total. The molecule has 0 saturated carbocycles. The SMILES string of the molecule is Oc1ccc(-c2ccc3ccc4ccc(-c5ccc(-c6c7ccccc7c(-c7cccc8ccccc78)c7ccccc67)cc5)nc4c3n2)cc1. The average molecular weight is 651 g/mol. The fourth-order valence-corrected chi connectivity index (χ4v) is 7.70. The molecule has 0 saturated heterocycles. The molecule has 0 radical (unpaired) electrons. The third kappa shape index (κ3) is 4.82. The van der Waals surface area contributed by atoms with Gasteiger partial charge < -0.3 is 5.11 Å². The molecule has 2 aromatic heterocycles. The highest BCUT2D eigenvalue weighted by Crippen LogP contribution is 2.45. The van der Waals surface area contributed by atoms with Crippen molar-refractivity contribution in [2.45, 2.75) is 0 Å². The lowest BCUT2D eigenvalue weighted by molar-refractivity contribution is 0.475. The van der Waals surface area contributed by atoms with Crippen LogP contribution in [0.3, 0.4) is 0 Å². The summed E-state index contributed by atoms with van der Waals surface area (Å²) in [5, 5.41) is 19.3. The molecular weight excluding hydrogens is 621 g/mol. The van der Waals surface area contributed by atoms with Gasteiger partial charge in [-0.05, 0) is 91.0 Å². The molecule has 0 spiro atoms. The van der Waals surface area contributed by atoms with Crippen LogP contribution in [0.5, 0.6) is 5.75 Å². The van der Waals surface area contributed by atoms with Gasteiger partial charge in [-0.15, -0.1) is 0 Å². The number of rotatable bonds is 4. The summed E-state index contributed by atoms with van der Waals surface area (Å²) in [7, 11) is 0. The molecule has 0 aliphatic carbocycles. The largest absolute Gasteiger partial charge is 0.508 e. The topological polar surface area (TPSA) is 46.0 Å². The first kappa shape index (κ1) is 29.1. The maximum absolute atomic E-state index is 9.79. The number of nitrogens with zero attached hydrogens (tertiary/aromatic N) is 2. The zero-order valence-corrected chi connectivity index (χ0v) is 27.6. The Morgan fingerprint density at radius 3 is 1.31 bits per heavy atom. The molecule has 10 rings (SSSR count). The molecule has 0 aliphatic heterocycles. The van der Waals surface area contributed by atoms with E-state index < -0.39 is 0 Å². The second kappa shape index (κ2) is 11.6. The van der Waals surface area contributed by atoms with E-state index in [9.17, 15) is 5.11 Å². The summed E-state index contributed by atoms with van der Waals surface area (Å²) in [6.45, 7) is 0. The van der Waals surface area contributed by atoms with Gasteiger partial charge in [-0.1, -0.05) is 140 Å². The minimum absolute atomic E-state index is 0.238. The zero-order valence-electron chi connectivity index (χ0n) is 27.6. The van der Waals surface area contributed by atoms with E-state index in [0.717, 1.165) is 44.3 Å². The number of phenols is 1. The normalized spacial score (nSPS) is 11.6. The predicted octanol–water partition coefficient (Wildman–Crippen LogP) is 12.6. The van der Waals surface area contributed by atoms with Crippen molar-refractivity contribution in [1.82, 2.24) is 9.97 Å². The lowest BCUT2D eigenvalue weighted by atomic mass is 9.84. The lowest BCUT2D eigenvalue weighted by Crippen LogP contribution is -1.92. The van der Waals surface area contributed by atoms with Crippen molar-refractivity contribution in [3.8, 4) is 50.5 Å². The molecule has 10 aromatic rings. The summed E-state index contributed by atoms with van der Waals surface area (Å²) in [5.41, 5.74) is 10.4. The Balaban J connectivity index is 1.11. The number of phenolic OH excluding ortho intramolecular Hbond substituents is 1. The third-order valence-corrected chi connectivity index (χ3v) is 10.1. The molecule has 0 amide bonds. The number of hydrogen-bond donors (Lipinski definition) is 1. The van der Waals surface area contributed by atoms with Gasteiger partial charge in [-0.2, -0.15) is 0 Å². The molecule has 51 heavy (non-hydrogen) atoms. The van der Waals surface area contributed by atoms with Gasteiger partial charge in [0.15, 0.2) is 0 Å². The maximum Gasteiger partial charge on any atom is 0.115 e. The molecule has 0 unspecified atom stereocenters. The van der Waals surface area contributed by atoms with E-state index in [1.54, 1.807) is 12.1 Å². The van der Waals surface area contributed by atoms with Gasteiger partial charge in [-0.3, -0.25) is 0 Å². The first-order valence-corrected chi connectivity index (χ1v) is 17.2. The van der Waals surface area contributed by atoms with Gasteiger partial charge in [0.1, 0.15) is 5.75 Å². The summed E-state index contributed by atoms with van der Waals surface area (Å²) >= 11 is 0. The third-order valence-electron chi connectivity index (χ3n) is 10.1. The molecule has 8 aromatic carbocycles. The van der Waals surface area contributed by atoms with E-state index in [0.29, 0.717) is 0 Å². The first-order chi connectivity index (χ1) is 25.2. The van der Waals surface area contributed by atoms with Crippen molar-refractivity contribution in [3.63, 3.8) is 0 Å². The second-order valence-corrected chi connectivity index (χ2v) is 13.1. The van der Waals surface area contributed by atoms with Crippen molar-refractivity contribution in [3.05, 3.63) is 176 Å². The minimum atomic E-state index is 0.238. The molecular formula is C48H30N2O. The van der Waals surface area contributed by atoms with Gasteiger partial charge in [0.25, 0.3) is 0 Å². The van der Waals surface area contributed by atoms with Gasteiger partial charge in [0.2, 0.25) is 0 Å². The predicted molar refractivity (Wildman–Crippen MR) is 213 cm³/mol. The van der Waals surface area contributed by atoms with Crippen LogP contribution in [-0.4, -0.2) is 15.1 Å². The second-order valence-electron chi connectivity index (χ2n) is 13.1. The van der Waals surface area contributed by atoms with Crippen LogP contribution < -0.4 is 0 Å². The van der Waals surface area contributed by atoms with Gasteiger partial charge in [0, 0.05) is 21.9 Å². The van der Waals surface area contributed by atoms with Crippen molar-refractivity contribution < 1.29 is 5.11 Å². The molecule has 1 N–H and O–H groups in total. The Morgan fingerprint density at radius 1 is 0.314 bits per heavy atom. The number of pyridine rings is 2. The van der Waals surface area contributed by atoms with Crippen LogP contribution in [0.4, 0.5) is 0 Å². The summed E-state index contributed by atoms with van der Waals surface area (Å²) in [6, 6.07) is 61.5. The van der Waals surface area contributed by atoms with E-state index in [4.69, 9.17) is 9.97 Å². The highest BCUT2D eigenvalue weighted by molar-refractivity contribution is 6.23. The molecule has 238 valence electrons. The van der Waals surface area contributed by atoms with E-state index in [1.807, 2.05) is 18.2 Å². The number of aromatic hydroxyl groups is 1. The summed E-state index contributed by atoms with van der Waals surface area (Å²) in [5.74, 6) is 0.238. The van der Waals surface area contributed by atoms with Crippen LogP contribution in [0.25, 0.3) is 98.9 Å². The van der Waals surface area contributed by atoms with Crippen LogP contribution in [-0.2, 0) is 0 Å². The Bertz CT molecular complexity index is 2900. The van der Waals surface area contributed by atoms with Crippen molar-refractivity contribution in [2.24, 2.45) is 0 Å². The monoisotopic (exact) mass is 650 g/mol. The van der Waals surface area contributed by atoms with E-state index >= 15 is 0 Å². The fourth-order valence-electron chi connectivity index (χ4n) is 7.70. The van der Waals surface area contributed by atoms with E-state index in [2.05, 4.69) is 146 Å². The van der Waals surface area contributed by atoms with Gasteiger partial charge >= 0.3 is 0 Å². The standard InChI is InChI=1S/C48H30N2O/c51-36-26-22-32(23-27-36)44-29-25-35-21-20-34-24-28-43(49-47(34)48(35)50-44)31-16-18-33(19-17-31)45-39-11-3-5-13-41(39)46(42-14-6-4-12-40(42)45)38-15-7-9-30-8-1-2-10-37(30)38/h1-29,51H. The number of aromatic nitrogens is 2. The van der Waals surface area contributed by atoms with Crippen LogP contribution >= 0.6 is 0 Å². The summed E-state index contributed by atoms with van der Waals surface area (Å²) < 4.78 is 0. The Kier molecular flexibility index (Phi) is 6.65. The van der Waals surface area contributed by atoms with Crippen molar-refractivity contribution in [2.75, 3.05) is 0 Å². The Hall–Kier alpha value is -6.84. The Morgan fingerprint density at radius 2 is 0.745 bits per heavy atom. The quantitative estimate of drug-likeness (QED) is 0.152. The van der Waals surface area contributed by atoms with Crippen LogP contribution in [0.15, 0.2) is 176 Å². The van der Waals surface area contributed by atoms with Crippen molar-refractivity contribution >= 4 is 54.1 Å². The average Bonchev–Trinajstić information content (AvgIpc) is 3.19. The molecule has 0 bridgehead atoms. The molecule has 0 fully saturated rings. The van der Waals surface area contributed by atoms with Crippen LogP contribution in [0.1, 0.15) is 0 Å². The van der Waals surface area contributed by atoms with Crippen LogP contribution in [0, 0.1) is 0 Å². The molecule has 0 aliphatic rings. The number of hydrogen-bond acceptors (Lipinski definition) is 3. The highest BCUT2D eigenvalue weighted by Gasteiger charge is 2.18.